The molecule has 1 N–H and O–H groups in total. The van der Waals surface area contributed by atoms with Crippen molar-refractivity contribution in [3.05, 3.63) is 36.0 Å². The van der Waals surface area contributed by atoms with Crippen LogP contribution in [0, 0.1) is 0 Å². The lowest BCUT2D eigenvalue weighted by Crippen LogP contribution is -2.45. The maximum Gasteiger partial charge on any atom is 0.267 e. The van der Waals surface area contributed by atoms with Crippen LogP contribution in [0.3, 0.4) is 0 Å². The fraction of sp³-hybridized carbons (Fsp3) is 0.500. The zero-order valence-corrected chi connectivity index (χ0v) is 15.0. The van der Waals surface area contributed by atoms with Crippen LogP contribution < -0.4 is 15.0 Å². The van der Waals surface area contributed by atoms with Crippen LogP contribution in [0.2, 0.25) is 0 Å². The van der Waals surface area contributed by atoms with Crippen LogP contribution in [0.1, 0.15) is 24.7 Å². The van der Waals surface area contributed by atoms with Gasteiger partial charge in [-0.1, -0.05) is 17.3 Å². The van der Waals surface area contributed by atoms with E-state index in [-0.39, 0.29) is 11.9 Å². The molecule has 0 aliphatic carbocycles. The Kier molecular flexibility index (Phi) is 4.60. The molecule has 26 heavy (non-hydrogen) atoms. The lowest BCUT2D eigenvalue weighted by atomic mass is 10.1. The first-order valence-corrected chi connectivity index (χ1v) is 8.94. The number of rotatable bonds is 4. The Labute approximate surface area is 152 Å². The summed E-state index contributed by atoms with van der Waals surface area (Å²) in [6.45, 7) is 4.97. The Bertz CT molecular complexity index is 793. The number of anilines is 1. The second-order valence-electron chi connectivity index (χ2n) is 6.71. The van der Waals surface area contributed by atoms with Crippen LogP contribution in [0.4, 0.5) is 5.69 Å². The van der Waals surface area contributed by atoms with Gasteiger partial charge in [0, 0.05) is 32.6 Å². The Morgan fingerprint density at radius 3 is 3.04 bits per heavy atom. The average Bonchev–Trinajstić information content (AvgIpc) is 3.11. The minimum Gasteiger partial charge on any atom is -0.479 e. The molecule has 2 aromatic rings. The van der Waals surface area contributed by atoms with Gasteiger partial charge in [-0.25, -0.2) is 0 Å². The lowest BCUT2D eigenvalue weighted by Gasteiger charge is -2.32. The maximum absolute atomic E-state index is 12.5. The number of nitrogens with zero attached hydrogens (tertiary/aromatic N) is 4. The van der Waals surface area contributed by atoms with E-state index in [1.165, 1.54) is 0 Å². The molecule has 2 unspecified atom stereocenters. The van der Waals surface area contributed by atoms with Crippen molar-refractivity contribution in [2.24, 2.45) is 0 Å². The number of carbonyl (C=O) groups is 1. The summed E-state index contributed by atoms with van der Waals surface area (Å²) < 4.78 is 11.1. The molecule has 1 saturated heterocycles. The van der Waals surface area contributed by atoms with E-state index in [0.717, 1.165) is 31.1 Å². The highest BCUT2D eigenvalue weighted by Gasteiger charge is 2.31. The SMILES string of the molecule is CC1Oc2ccccc2N(CCc2nc(C3CNCCN3C)no2)C1=O. The van der Waals surface area contributed by atoms with E-state index in [2.05, 4.69) is 27.4 Å². The molecule has 1 aromatic carbocycles. The monoisotopic (exact) mass is 357 g/mol. The number of carbonyl (C=O) groups excluding carboxylic acids is 1. The highest BCUT2D eigenvalue weighted by molar-refractivity contribution is 5.99. The van der Waals surface area contributed by atoms with Crippen molar-refractivity contribution in [2.75, 3.05) is 38.1 Å². The van der Waals surface area contributed by atoms with Gasteiger partial charge in [0.05, 0.1) is 11.7 Å². The van der Waals surface area contributed by atoms with Gasteiger partial charge in [0.2, 0.25) is 5.89 Å². The molecule has 0 spiro atoms. The van der Waals surface area contributed by atoms with Gasteiger partial charge in [0.1, 0.15) is 5.75 Å². The van der Waals surface area contributed by atoms with Gasteiger partial charge in [-0.15, -0.1) is 0 Å². The first-order valence-electron chi connectivity index (χ1n) is 8.94. The molecule has 1 amide bonds. The van der Waals surface area contributed by atoms with Crippen molar-refractivity contribution in [2.45, 2.75) is 25.5 Å². The largest absolute Gasteiger partial charge is 0.479 e. The summed E-state index contributed by atoms with van der Waals surface area (Å²) in [4.78, 5) is 21.0. The quantitative estimate of drug-likeness (QED) is 0.874. The number of piperazine rings is 1. The van der Waals surface area contributed by atoms with Crippen LogP contribution in [0.25, 0.3) is 0 Å². The van der Waals surface area contributed by atoms with Crippen molar-refractivity contribution in [1.29, 1.82) is 0 Å². The second kappa shape index (κ2) is 7.05. The molecule has 0 saturated carbocycles. The van der Waals surface area contributed by atoms with Gasteiger partial charge >= 0.3 is 0 Å². The number of hydrogen-bond donors (Lipinski definition) is 1. The van der Waals surface area contributed by atoms with E-state index in [1.54, 1.807) is 11.8 Å². The first-order chi connectivity index (χ1) is 12.6. The van der Waals surface area contributed by atoms with Crippen molar-refractivity contribution >= 4 is 11.6 Å². The van der Waals surface area contributed by atoms with Crippen molar-refractivity contribution in [3.63, 3.8) is 0 Å². The van der Waals surface area contributed by atoms with Crippen LogP contribution >= 0.6 is 0 Å². The third-order valence-electron chi connectivity index (χ3n) is 4.92. The Balaban J connectivity index is 1.47. The highest BCUT2D eigenvalue weighted by atomic mass is 16.5. The smallest absolute Gasteiger partial charge is 0.267 e. The summed E-state index contributed by atoms with van der Waals surface area (Å²) in [5.41, 5.74) is 0.784. The van der Waals surface area contributed by atoms with Gasteiger partial charge < -0.3 is 19.5 Å². The normalized spacial score (nSPS) is 23.6. The molecule has 8 heteroatoms. The number of nitrogens with one attached hydrogen (secondary N) is 1. The number of aromatic nitrogens is 2. The van der Waals surface area contributed by atoms with E-state index in [9.17, 15) is 4.79 Å². The molecule has 2 aliphatic rings. The molecule has 4 rings (SSSR count). The fourth-order valence-electron chi connectivity index (χ4n) is 3.40. The summed E-state index contributed by atoms with van der Waals surface area (Å²) in [6, 6.07) is 7.68. The first kappa shape index (κ1) is 17.0. The molecule has 1 fully saturated rings. The second-order valence-corrected chi connectivity index (χ2v) is 6.71. The number of hydrogen-bond acceptors (Lipinski definition) is 7. The third kappa shape index (κ3) is 3.17. The lowest BCUT2D eigenvalue weighted by molar-refractivity contribution is -0.125. The molecule has 1 aromatic heterocycles. The summed E-state index contributed by atoms with van der Waals surface area (Å²) in [5, 5.41) is 7.48. The van der Waals surface area contributed by atoms with E-state index >= 15 is 0 Å². The summed E-state index contributed by atoms with van der Waals surface area (Å²) in [6.07, 6.45) is 0.00836. The van der Waals surface area contributed by atoms with E-state index in [1.807, 2.05) is 24.3 Å². The Morgan fingerprint density at radius 2 is 2.19 bits per heavy atom. The molecule has 8 nitrogen and oxygen atoms in total. The molecule has 0 radical (unpaired) electrons. The molecular weight excluding hydrogens is 334 g/mol. The Hall–Kier alpha value is -2.45. The van der Waals surface area contributed by atoms with Gasteiger partial charge in [-0.05, 0) is 26.1 Å². The molecule has 2 aliphatic heterocycles. The minimum atomic E-state index is -0.495. The van der Waals surface area contributed by atoms with E-state index < -0.39 is 6.10 Å². The topological polar surface area (TPSA) is 83.7 Å². The van der Waals surface area contributed by atoms with Crippen LogP contribution in [-0.2, 0) is 11.2 Å². The summed E-state index contributed by atoms with van der Waals surface area (Å²) in [5.74, 6) is 1.90. The molecular formula is C18H23N5O3. The number of likely N-dealkylation sites (N-methyl/N-ethyl adjacent to an activating group) is 1. The average molecular weight is 357 g/mol. The predicted molar refractivity (Wildman–Crippen MR) is 95.1 cm³/mol. The number of amides is 1. The third-order valence-corrected chi connectivity index (χ3v) is 4.92. The predicted octanol–water partition coefficient (Wildman–Crippen LogP) is 1.00. The van der Waals surface area contributed by atoms with E-state index in [4.69, 9.17) is 9.26 Å². The number of ether oxygens (including phenoxy) is 1. The number of benzene rings is 1. The molecule has 3 heterocycles. The fourth-order valence-corrected chi connectivity index (χ4v) is 3.40. The van der Waals surface area contributed by atoms with Crippen molar-refractivity contribution < 1.29 is 14.1 Å². The zero-order chi connectivity index (χ0) is 18.1. The number of para-hydroxylation sites is 2. The summed E-state index contributed by atoms with van der Waals surface area (Å²) in [7, 11) is 2.06. The van der Waals surface area contributed by atoms with Crippen molar-refractivity contribution in [3.8, 4) is 5.75 Å². The standard InChI is InChI=1S/C18H23N5O3/c1-12-18(24)23(13-5-3-4-6-15(13)25-12)9-7-16-20-17(21-26-16)14-11-19-8-10-22(14)2/h3-6,12,14,19H,7-11H2,1-2H3. The van der Waals surface area contributed by atoms with Gasteiger partial charge in [-0.3, -0.25) is 9.69 Å². The molecule has 2 atom stereocenters. The van der Waals surface area contributed by atoms with Gasteiger partial charge in [0.25, 0.3) is 5.91 Å². The minimum absolute atomic E-state index is 0.0559. The van der Waals surface area contributed by atoms with E-state index in [0.29, 0.717) is 24.7 Å². The Morgan fingerprint density at radius 1 is 1.35 bits per heavy atom. The van der Waals surface area contributed by atoms with Gasteiger partial charge in [0.15, 0.2) is 11.9 Å². The molecule has 0 bridgehead atoms. The van der Waals surface area contributed by atoms with Crippen LogP contribution in [0.15, 0.2) is 28.8 Å². The van der Waals surface area contributed by atoms with Crippen LogP contribution in [0.5, 0.6) is 5.75 Å². The zero-order valence-electron chi connectivity index (χ0n) is 15.0. The highest BCUT2D eigenvalue weighted by Crippen LogP contribution is 2.33. The van der Waals surface area contributed by atoms with Gasteiger partial charge in [-0.2, -0.15) is 4.98 Å². The van der Waals surface area contributed by atoms with Crippen molar-refractivity contribution in [1.82, 2.24) is 20.4 Å². The maximum atomic E-state index is 12.5. The molecule has 138 valence electrons. The van der Waals surface area contributed by atoms with Crippen LogP contribution in [-0.4, -0.2) is 60.3 Å². The summed E-state index contributed by atoms with van der Waals surface area (Å²) >= 11 is 0. The number of fused-ring (bicyclic) bond motifs is 1.